The monoisotopic (exact) mass is 239 g/mol. The summed E-state index contributed by atoms with van der Waals surface area (Å²) in [4.78, 5) is 0. The van der Waals surface area contributed by atoms with Crippen LogP contribution in [0.25, 0.3) is 0 Å². The van der Waals surface area contributed by atoms with Crippen molar-refractivity contribution in [2.75, 3.05) is 20.8 Å². The third-order valence-corrected chi connectivity index (χ3v) is 2.54. The molecule has 0 spiro atoms. The van der Waals surface area contributed by atoms with Crippen LogP contribution in [-0.2, 0) is 6.54 Å². The molecule has 0 saturated heterocycles. The van der Waals surface area contributed by atoms with Crippen molar-refractivity contribution >= 4 is 0 Å². The Morgan fingerprint density at radius 3 is 2.65 bits per heavy atom. The first-order valence-corrected chi connectivity index (χ1v) is 5.77. The Labute approximate surface area is 103 Å². The van der Waals surface area contributed by atoms with Crippen molar-refractivity contribution in [1.29, 1.82) is 0 Å². The molecule has 4 heteroatoms. The Bertz CT molecular complexity index is 339. The van der Waals surface area contributed by atoms with Crippen molar-refractivity contribution in [3.63, 3.8) is 0 Å². The number of nitrogens with one attached hydrogen (secondary N) is 1. The van der Waals surface area contributed by atoms with E-state index in [4.69, 9.17) is 14.6 Å². The summed E-state index contributed by atoms with van der Waals surface area (Å²) in [6, 6.07) is 5.81. The van der Waals surface area contributed by atoms with Crippen LogP contribution in [0.5, 0.6) is 11.5 Å². The number of aliphatic hydroxyl groups excluding tert-OH is 1. The van der Waals surface area contributed by atoms with Crippen LogP contribution in [0.3, 0.4) is 0 Å². The first kappa shape index (κ1) is 13.8. The molecule has 0 aliphatic carbocycles. The molecule has 0 aliphatic heterocycles. The van der Waals surface area contributed by atoms with E-state index in [2.05, 4.69) is 5.32 Å². The highest BCUT2D eigenvalue weighted by Crippen LogP contribution is 2.30. The second-order valence-corrected chi connectivity index (χ2v) is 3.97. The summed E-state index contributed by atoms with van der Waals surface area (Å²) in [7, 11) is 3.26. The summed E-state index contributed by atoms with van der Waals surface area (Å²) in [5, 5.41) is 12.4. The van der Waals surface area contributed by atoms with Crippen LogP contribution in [0.4, 0.5) is 0 Å². The van der Waals surface area contributed by atoms with E-state index in [-0.39, 0.29) is 6.10 Å². The van der Waals surface area contributed by atoms with Crippen molar-refractivity contribution in [3.05, 3.63) is 23.8 Å². The zero-order valence-corrected chi connectivity index (χ0v) is 10.7. The fraction of sp³-hybridized carbons (Fsp3) is 0.538. The summed E-state index contributed by atoms with van der Waals surface area (Å²) in [5.41, 5.74) is 1.05. The second-order valence-electron chi connectivity index (χ2n) is 3.97. The molecule has 0 aromatic heterocycles. The molecule has 0 heterocycles. The van der Waals surface area contributed by atoms with E-state index < -0.39 is 0 Å². The van der Waals surface area contributed by atoms with Gasteiger partial charge in [0.05, 0.1) is 20.3 Å². The van der Waals surface area contributed by atoms with E-state index in [0.717, 1.165) is 30.0 Å². The van der Waals surface area contributed by atoms with E-state index in [1.165, 1.54) is 0 Å². The third kappa shape index (κ3) is 4.24. The lowest BCUT2D eigenvalue weighted by Gasteiger charge is -2.13. The van der Waals surface area contributed by atoms with Crippen LogP contribution in [0.15, 0.2) is 18.2 Å². The molecule has 2 N–H and O–H groups in total. The SMILES string of the molecule is COc1cccc(CNCCC(C)O)c1OC. The minimum Gasteiger partial charge on any atom is -0.493 e. The minimum absolute atomic E-state index is 0.269. The summed E-state index contributed by atoms with van der Waals surface area (Å²) in [6.45, 7) is 3.26. The number of rotatable bonds is 7. The van der Waals surface area contributed by atoms with Gasteiger partial charge in [0.2, 0.25) is 0 Å². The summed E-state index contributed by atoms with van der Waals surface area (Å²) in [5.74, 6) is 1.50. The zero-order valence-electron chi connectivity index (χ0n) is 10.7. The van der Waals surface area contributed by atoms with Gasteiger partial charge in [-0.05, 0) is 26.0 Å². The van der Waals surface area contributed by atoms with Crippen LogP contribution in [0, 0.1) is 0 Å². The van der Waals surface area contributed by atoms with E-state index in [1.54, 1.807) is 21.1 Å². The number of hydrogen-bond donors (Lipinski definition) is 2. The summed E-state index contributed by atoms with van der Waals surface area (Å²) in [6.07, 6.45) is 0.474. The van der Waals surface area contributed by atoms with Gasteiger partial charge in [-0.3, -0.25) is 0 Å². The predicted octanol–water partition coefficient (Wildman–Crippen LogP) is 1.56. The highest BCUT2D eigenvalue weighted by atomic mass is 16.5. The van der Waals surface area contributed by atoms with Crippen molar-refractivity contribution in [3.8, 4) is 11.5 Å². The molecule has 1 unspecified atom stereocenters. The van der Waals surface area contributed by atoms with Gasteiger partial charge in [0.1, 0.15) is 0 Å². The van der Waals surface area contributed by atoms with Crippen LogP contribution < -0.4 is 14.8 Å². The Hall–Kier alpha value is -1.26. The molecule has 4 nitrogen and oxygen atoms in total. The maximum Gasteiger partial charge on any atom is 0.165 e. The van der Waals surface area contributed by atoms with Crippen LogP contribution >= 0.6 is 0 Å². The molecule has 17 heavy (non-hydrogen) atoms. The lowest BCUT2D eigenvalue weighted by molar-refractivity contribution is 0.183. The molecule has 1 aromatic rings. The van der Waals surface area contributed by atoms with Crippen LogP contribution in [0.2, 0.25) is 0 Å². The second kappa shape index (κ2) is 7.14. The number of methoxy groups -OCH3 is 2. The van der Waals surface area contributed by atoms with Crippen LogP contribution in [-0.4, -0.2) is 32.0 Å². The average molecular weight is 239 g/mol. The third-order valence-electron chi connectivity index (χ3n) is 2.54. The van der Waals surface area contributed by atoms with Gasteiger partial charge < -0.3 is 19.9 Å². The molecular weight excluding hydrogens is 218 g/mol. The Kier molecular flexibility index (Phi) is 5.80. The lowest BCUT2D eigenvalue weighted by Crippen LogP contribution is -2.19. The molecule has 0 saturated carbocycles. The number of benzene rings is 1. The topological polar surface area (TPSA) is 50.7 Å². The zero-order chi connectivity index (χ0) is 12.7. The number of hydrogen-bond acceptors (Lipinski definition) is 4. The Morgan fingerprint density at radius 2 is 2.06 bits per heavy atom. The van der Waals surface area contributed by atoms with Gasteiger partial charge in [-0.15, -0.1) is 0 Å². The molecule has 1 rings (SSSR count). The van der Waals surface area contributed by atoms with Gasteiger partial charge in [-0.1, -0.05) is 12.1 Å². The Morgan fingerprint density at radius 1 is 1.29 bits per heavy atom. The maximum atomic E-state index is 9.15. The number of para-hydroxylation sites is 1. The highest BCUT2D eigenvalue weighted by Gasteiger charge is 2.08. The smallest absolute Gasteiger partial charge is 0.165 e. The van der Waals surface area contributed by atoms with Gasteiger partial charge in [-0.25, -0.2) is 0 Å². The quantitative estimate of drug-likeness (QED) is 0.709. The average Bonchev–Trinajstić information content (AvgIpc) is 2.33. The molecule has 1 atom stereocenters. The van der Waals surface area contributed by atoms with Crippen LogP contribution in [0.1, 0.15) is 18.9 Å². The first-order valence-electron chi connectivity index (χ1n) is 5.77. The van der Waals surface area contributed by atoms with Gasteiger partial charge in [0.15, 0.2) is 11.5 Å². The molecule has 1 aromatic carbocycles. The van der Waals surface area contributed by atoms with E-state index >= 15 is 0 Å². The van der Waals surface area contributed by atoms with Gasteiger partial charge in [0, 0.05) is 12.1 Å². The maximum absolute atomic E-state index is 9.15. The fourth-order valence-electron chi connectivity index (χ4n) is 1.63. The molecule has 0 aliphatic rings. The lowest BCUT2D eigenvalue weighted by atomic mass is 10.2. The predicted molar refractivity (Wildman–Crippen MR) is 67.6 cm³/mol. The van der Waals surface area contributed by atoms with Gasteiger partial charge in [-0.2, -0.15) is 0 Å². The number of aliphatic hydroxyl groups is 1. The minimum atomic E-state index is -0.269. The molecule has 96 valence electrons. The largest absolute Gasteiger partial charge is 0.493 e. The van der Waals surface area contributed by atoms with E-state index in [9.17, 15) is 0 Å². The Balaban J connectivity index is 2.58. The van der Waals surface area contributed by atoms with Gasteiger partial charge in [0.25, 0.3) is 0 Å². The first-order chi connectivity index (χ1) is 8.19. The fourth-order valence-corrected chi connectivity index (χ4v) is 1.63. The summed E-state index contributed by atoms with van der Waals surface area (Å²) < 4.78 is 10.6. The molecule has 0 radical (unpaired) electrons. The normalized spacial score (nSPS) is 12.2. The molecule has 0 bridgehead atoms. The summed E-state index contributed by atoms with van der Waals surface area (Å²) >= 11 is 0. The number of ether oxygens (including phenoxy) is 2. The van der Waals surface area contributed by atoms with E-state index in [1.807, 2.05) is 18.2 Å². The van der Waals surface area contributed by atoms with Crippen molar-refractivity contribution < 1.29 is 14.6 Å². The van der Waals surface area contributed by atoms with Crippen molar-refractivity contribution in [2.24, 2.45) is 0 Å². The standard InChI is InChI=1S/C13H21NO3/c1-10(15)7-8-14-9-11-5-4-6-12(16-2)13(11)17-3/h4-6,10,14-15H,7-9H2,1-3H3. The van der Waals surface area contributed by atoms with E-state index in [0.29, 0.717) is 6.54 Å². The van der Waals surface area contributed by atoms with Gasteiger partial charge >= 0.3 is 0 Å². The molecule has 0 amide bonds. The van der Waals surface area contributed by atoms with Crippen molar-refractivity contribution in [1.82, 2.24) is 5.32 Å². The molecule has 0 fully saturated rings. The molecular formula is C13H21NO3. The highest BCUT2D eigenvalue weighted by molar-refractivity contribution is 5.46. The van der Waals surface area contributed by atoms with Crippen molar-refractivity contribution in [2.45, 2.75) is 26.0 Å².